The van der Waals surface area contributed by atoms with Crippen molar-refractivity contribution in [2.45, 2.75) is 57.7 Å². The average Bonchev–Trinajstić information content (AvgIpc) is 3.46. The van der Waals surface area contributed by atoms with Crippen molar-refractivity contribution < 1.29 is 9.59 Å². The molecule has 0 radical (unpaired) electrons. The second-order valence-corrected chi connectivity index (χ2v) is 9.45. The first-order valence-corrected chi connectivity index (χ1v) is 11.2. The summed E-state index contributed by atoms with van der Waals surface area (Å²) in [7, 11) is 0. The summed E-state index contributed by atoms with van der Waals surface area (Å²) in [6.45, 7) is 6.27. The van der Waals surface area contributed by atoms with Crippen LogP contribution in [0.3, 0.4) is 0 Å². The average molecular weight is 434 g/mol. The normalized spacial score (nSPS) is 24.4. The summed E-state index contributed by atoms with van der Waals surface area (Å²) in [6.07, 6.45) is 1.61. The third-order valence-electron chi connectivity index (χ3n) is 6.06. The molecule has 1 saturated heterocycles. The summed E-state index contributed by atoms with van der Waals surface area (Å²) in [6, 6.07) is 17.5. The largest absolute Gasteiger partial charge is 0.342 e. The van der Waals surface area contributed by atoms with Gasteiger partial charge in [0.2, 0.25) is 0 Å². The van der Waals surface area contributed by atoms with Crippen molar-refractivity contribution in [1.29, 1.82) is 5.41 Å². The Bertz CT molecular complexity index is 1020. The SMILES string of the molecule is CC(C)CC1(C)NC(=N)N(Cc2cccc(NC(=O)N[C@@H]3C[C@H]3c3ccccc3)c2)C1=O. The minimum absolute atomic E-state index is 0.0898. The van der Waals surface area contributed by atoms with Crippen LogP contribution in [-0.2, 0) is 11.3 Å². The Kier molecular flexibility index (Phi) is 5.91. The highest BCUT2D eigenvalue weighted by Crippen LogP contribution is 2.40. The van der Waals surface area contributed by atoms with E-state index in [2.05, 4.69) is 41.9 Å². The second-order valence-electron chi connectivity index (χ2n) is 9.45. The third kappa shape index (κ3) is 4.77. The molecule has 1 heterocycles. The van der Waals surface area contributed by atoms with E-state index < -0.39 is 5.54 Å². The van der Waals surface area contributed by atoms with Crippen molar-refractivity contribution in [2.75, 3.05) is 5.32 Å². The summed E-state index contributed by atoms with van der Waals surface area (Å²) in [5.74, 6) is 0.735. The predicted molar refractivity (Wildman–Crippen MR) is 125 cm³/mol. The van der Waals surface area contributed by atoms with E-state index in [1.165, 1.54) is 10.5 Å². The van der Waals surface area contributed by atoms with Gasteiger partial charge >= 0.3 is 6.03 Å². The molecule has 168 valence electrons. The van der Waals surface area contributed by atoms with E-state index in [0.29, 0.717) is 23.9 Å². The van der Waals surface area contributed by atoms with Gasteiger partial charge in [0.05, 0.1) is 6.54 Å². The fraction of sp³-hybridized carbons (Fsp3) is 0.400. The van der Waals surface area contributed by atoms with E-state index in [-0.39, 0.29) is 30.5 Å². The number of carbonyl (C=O) groups is 2. The van der Waals surface area contributed by atoms with Crippen LogP contribution in [0.15, 0.2) is 54.6 Å². The zero-order chi connectivity index (χ0) is 22.9. The number of guanidine groups is 1. The third-order valence-corrected chi connectivity index (χ3v) is 6.06. The topological polar surface area (TPSA) is 97.3 Å². The molecule has 1 aliphatic heterocycles. The Labute approximate surface area is 189 Å². The van der Waals surface area contributed by atoms with Crippen molar-refractivity contribution in [3.8, 4) is 0 Å². The molecule has 1 saturated carbocycles. The van der Waals surface area contributed by atoms with Crippen molar-refractivity contribution >= 4 is 23.6 Å². The molecule has 1 aliphatic carbocycles. The number of benzene rings is 2. The molecule has 32 heavy (non-hydrogen) atoms. The summed E-state index contributed by atoms with van der Waals surface area (Å²) < 4.78 is 0. The van der Waals surface area contributed by atoms with Gasteiger partial charge in [-0.05, 0) is 48.9 Å². The lowest BCUT2D eigenvalue weighted by Gasteiger charge is -2.24. The fourth-order valence-corrected chi connectivity index (χ4v) is 4.58. The molecule has 0 spiro atoms. The number of rotatable bonds is 7. The molecule has 4 N–H and O–H groups in total. The van der Waals surface area contributed by atoms with Crippen molar-refractivity contribution in [1.82, 2.24) is 15.5 Å². The van der Waals surface area contributed by atoms with Gasteiger partial charge < -0.3 is 16.0 Å². The number of hydrogen-bond acceptors (Lipinski definition) is 3. The van der Waals surface area contributed by atoms with Crippen LogP contribution >= 0.6 is 0 Å². The minimum Gasteiger partial charge on any atom is -0.342 e. The van der Waals surface area contributed by atoms with E-state index >= 15 is 0 Å². The van der Waals surface area contributed by atoms with Crippen LogP contribution < -0.4 is 16.0 Å². The van der Waals surface area contributed by atoms with Crippen molar-refractivity contribution in [2.24, 2.45) is 5.92 Å². The molecular weight excluding hydrogens is 402 g/mol. The molecule has 3 atom stereocenters. The Morgan fingerprint density at radius 2 is 1.97 bits per heavy atom. The molecule has 3 amide bonds. The number of anilines is 1. The van der Waals surface area contributed by atoms with E-state index in [0.717, 1.165) is 12.0 Å². The van der Waals surface area contributed by atoms with Gasteiger partial charge in [0.15, 0.2) is 5.96 Å². The van der Waals surface area contributed by atoms with Gasteiger partial charge in [0.1, 0.15) is 5.54 Å². The second kappa shape index (κ2) is 8.65. The molecule has 4 rings (SSSR count). The first kappa shape index (κ1) is 21.9. The number of urea groups is 1. The van der Waals surface area contributed by atoms with Crippen LogP contribution in [0.2, 0.25) is 0 Å². The summed E-state index contributed by atoms with van der Waals surface area (Å²) in [4.78, 5) is 26.9. The minimum atomic E-state index is -0.749. The van der Waals surface area contributed by atoms with Crippen LogP contribution in [0, 0.1) is 11.3 Å². The van der Waals surface area contributed by atoms with Gasteiger partial charge in [-0.3, -0.25) is 15.1 Å². The first-order valence-electron chi connectivity index (χ1n) is 11.2. The number of amides is 3. The number of carbonyl (C=O) groups excluding carboxylic acids is 2. The first-order chi connectivity index (χ1) is 15.2. The Morgan fingerprint density at radius 3 is 2.69 bits per heavy atom. The van der Waals surface area contributed by atoms with E-state index in [1.807, 2.05) is 49.4 Å². The predicted octanol–water partition coefficient (Wildman–Crippen LogP) is 4.04. The molecule has 2 aliphatic rings. The van der Waals surface area contributed by atoms with E-state index in [9.17, 15) is 9.59 Å². The van der Waals surface area contributed by atoms with Crippen LogP contribution in [0.5, 0.6) is 0 Å². The lowest BCUT2D eigenvalue weighted by Crippen LogP contribution is -2.44. The zero-order valence-corrected chi connectivity index (χ0v) is 18.8. The van der Waals surface area contributed by atoms with E-state index in [4.69, 9.17) is 5.41 Å². The summed E-state index contributed by atoms with van der Waals surface area (Å²) in [5.41, 5.74) is 2.01. The molecule has 0 bridgehead atoms. The maximum atomic E-state index is 13.0. The Balaban J connectivity index is 1.34. The Morgan fingerprint density at radius 1 is 1.22 bits per heavy atom. The highest BCUT2D eigenvalue weighted by atomic mass is 16.2. The molecule has 2 fully saturated rings. The van der Waals surface area contributed by atoms with Gasteiger partial charge in [-0.15, -0.1) is 0 Å². The monoisotopic (exact) mass is 433 g/mol. The van der Waals surface area contributed by atoms with Crippen LogP contribution in [0.1, 0.15) is 50.7 Å². The zero-order valence-electron chi connectivity index (χ0n) is 18.8. The lowest BCUT2D eigenvalue weighted by molar-refractivity contribution is -0.131. The van der Waals surface area contributed by atoms with Crippen LogP contribution in [-0.4, -0.2) is 34.4 Å². The lowest BCUT2D eigenvalue weighted by atomic mass is 9.91. The number of nitrogens with zero attached hydrogens (tertiary/aromatic N) is 1. The number of hydrogen-bond donors (Lipinski definition) is 4. The Hall–Kier alpha value is -3.35. The highest BCUT2D eigenvalue weighted by molar-refractivity contribution is 6.07. The van der Waals surface area contributed by atoms with Gasteiger partial charge in [0, 0.05) is 17.6 Å². The van der Waals surface area contributed by atoms with Crippen LogP contribution in [0.4, 0.5) is 10.5 Å². The van der Waals surface area contributed by atoms with Crippen molar-refractivity contribution in [3.05, 3.63) is 65.7 Å². The molecule has 0 aromatic heterocycles. The summed E-state index contributed by atoms with van der Waals surface area (Å²) >= 11 is 0. The maximum absolute atomic E-state index is 13.0. The van der Waals surface area contributed by atoms with Gasteiger partial charge in [-0.1, -0.05) is 56.3 Å². The van der Waals surface area contributed by atoms with Gasteiger partial charge in [0.25, 0.3) is 5.91 Å². The quantitative estimate of drug-likeness (QED) is 0.531. The maximum Gasteiger partial charge on any atom is 0.319 e. The molecule has 2 aromatic rings. The number of nitrogens with one attached hydrogen (secondary N) is 4. The van der Waals surface area contributed by atoms with Crippen molar-refractivity contribution in [3.63, 3.8) is 0 Å². The standard InChI is InChI=1S/C25H31N5O2/c1-16(2)14-25(3)22(31)30(23(26)29-25)15-17-8-7-11-19(12-17)27-24(32)28-21-13-20(21)18-9-5-4-6-10-18/h4-12,16,20-21H,13-15H2,1-3H3,(H2,26,29)(H2,27,28,32)/t20-,21+,25?/m0/s1. The molecule has 1 unspecified atom stereocenters. The van der Waals surface area contributed by atoms with E-state index in [1.54, 1.807) is 0 Å². The smallest absolute Gasteiger partial charge is 0.319 e. The highest BCUT2D eigenvalue weighted by Gasteiger charge is 2.46. The van der Waals surface area contributed by atoms with Gasteiger partial charge in [-0.25, -0.2) is 4.79 Å². The molecule has 7 heteroatoms. The van der Waals surface area contributed by atoms with Gasteiger partial charge in [-0.2, -0.15) is 0 Å². The fourth-order valence-electron chi connectivity index (χ4n) is 4.58. The molecular formula is C25H31N5O2. The summed E-state index contributed by atoms with van der Waals surface area (Å²) in [5, 5.41) is 17.2. The molecule has 2 aromatic carbocycles. The van der Waals surface area contributed by atoms with Crippen LogP contribution in [0.25, 0.3) is 0 Å². The molecule has 7 nitrogen and oxygen atoms in total.